The van der Waals surface area contributed by atoms with Crippen molar-refractivity contribution in [3.63, 3.8) is 0 Å². The second-order valence-corrected chi connectivity index (χ2v) is 5.26. The van der Waals surface area contributed by atoms with E-state index >= 15 is 0 Å². The molecule has 0 fully saturated rings. The van der Waals surface area contributed by atoms with Crippen LogP contribution in [0.3, 0.4) is 0 Å². The first-order valence-electron chi connectivity index (χ1n) is 5.80. The molecule has 22 heavy (non-hydrogen) atoms. The van der Waals surface area contributed by atoms with E-state index in [-0.39, 0.29) is 27.5 Å². The third kappa shape index (κ3) is 3.04. The van der Waals surface area contributed by atoms with E-state index in [2.05, 4.69) is 15.1 Å². The second-order valence-electron chi connectivity index (χ2n) is 4.06. The summed E-state index contributed by atoms with van der Waals surface area (Å²) in [5.74, 6) is 0.205. The fourth-order valence-electron chi connectivity index (χ4n) is 1.66. The van der Waals surface area contributed by atoms with Crippen LogP contribution in [0.5, 0.6) is 11.1 Å². The van der Waals surface area contributed by atoms with Gasteiger partial charge in [0, 0.05) is 11.4 Å². The van der Waals surface area contributed by atoms with Gasteiger partial charge in [-0.25, -0.2) is 9.97 Å². The van der Waals surface area contributed by atoms with Crippen molar-refractivity contribution in [2.45, 2.75) is 6.18 Å². The number of thiazole rings is 1. The number of ether oxygens (including phenoxy) is 1. The standard InChI is InChI=1S/C12H6ClF3N4OS/c13-8-2-1-3-9(19-8)21-11-18-7(5-22-11)6-4-17-20-10(6)12(14,15)16/h1-5H,(H,17,20). The number of hydrogen-bond donors (Lipinski definition) is 1. The zero-order valence-corrected chi connectivity index (χ0v) is 12.1. The molecule has 5 nitrogen and oxygen atoms in total. The van der Waals surface area contributed by atoms with Crippen molar-refractivity contribution in [3.05, 3.63) is 40.6 Å². The van der Waals surface area contributed by atoms with Gasteiger partial charge in [0.1, 0.15) is 10.8 Å². The number of nitrogens with one attached hydrogen (secondary N) is 1. The molecule has 0 aliphatic rings. The molecule has 3 aromatic rings. The SMILES string of the molecule is FC(F)(F)c1[nH]ncc1-c1csc(Oc2cccc(Cl)n2)n1. The Morgan fingerprint density at radius 3 is 2.77 bits per heavy atom. The van der Waals surface area contributed by atoms with Gasteiger partial charge in [-0.2, -0.15) is 18.3 Å². The Labute approximate surface area is 130 Å². The summed E-state index contributed by atoms with van der Waals surface area (Å²) in [5.41, 5.74) is -0.981. The minimum absolute atomic E-state index is 0.114. The van der Waals surface area contributed by atoms with Gasteiger partial charge in [-0.1, -0.05) is 29.0 Å². The Hall–Kier alpha value is -2.13. The van der Waals surface area contributed by atoms with E-state index in [0.717, 1.165) is 17.5 Å². The molecule has 0 spiro atoms. The average molecular weight is 347 g/mol. The minimum Gasteiger partial charge on any atom is -0.412 e. The number of aromatic amines is 1. The van der Waals surface area contributed by atoms with Gasteiger partial charge in [-0.05, 0) is 6.07 Å². The molecule has 3 aromatic heterocycles. The van der Waals surface area contributed by atoms with Crippen LogP contribution in [-0.2, 0) is 6.18 Å². The first kappa shape index (κ1) is 14.8. The molecule has 0 aliphatic heterocycles. The third-order valence-electron chi connectivity index (χ3n) is 2.56. The monoisotopic (exact) mass is 346 g/mol. The Morgan fingerprint density at radius 1 is 1.23 bits per heavy atom. The molecule has 114 valence electrons. The number of halogens is 4. The van der Waals surface area contributed by atoms with E-state index in [9.17, 15) is 13.2 Å². The van der Waals surface area contributed by atoms with Crippen LogP contribution in [-0.4, -0.2) is 20.2 Å². The van der Waals surface area contributed by atoms with Crippen molar-refractivity contribution in [3.8, 4) is 22.3 Å². The van der Waals surface area contributed by atoms with Gasteiger partial charge in [0.25, 0.3) is 5.19 Å². The quantitative estimate of drug-likeness (QED) is 0.714. The van der Waals surface area contributed by atoms with E-state index in [1.165, 1.54) is 5.38 Å². The smallest absolute Gasteiger partial charge is 0.412 e. The Kier molecular flexibility index (Phi) is 3.75. The van der Waals surface area contributed by atoms with Gasteiger partial charge in [-0.3, -0.25) is 5.10 Å². The van der Waals surface area contributed by atoms with Gasteiger partial charge in [0.05, 0.1) is 17.5 Å². The summed E-state index contributed by atoms with van der Waals surface area (Å²) < 4.78 is 43.8. The number of hydrogen-bond acceptors (Lipinski definition) is 5. The van der Waals surface area contributed by atoms with Gasteiger partial charge in [-0.15, -0.1) is 0 Å². The summed E-state index contributed by atoms with van der Waals surface area (Å²) in [6, 6.07) is 4.77. The molecule has 0 saturated carbocycles. The molecule has 0 saturated heterocycles. The molecular formula is C12H6ClF3N4OS. The number of alkyl halides is 3. The molecule has 1 N–H and O–H groups in total. The topological polar surface area (TPSA) is 63.7 Å². The van der Waals surface area contributed by atoms with Crippen molar-refractivity contribution in [2.24, 2.45) is 0 Å². The highest BCUT2D eigenvalue weighted by Gasteiger charge is 2.36. The maximum absolute atomic E-state index is 12.8. The van der Waals surface area contributed by atoms with Crippen molar-refractivity contribution in [2.75, 3.05) is 0 Å². The Bertz CT molecular complexity index is 802. The molecule has 0 atom stereocenters. The summed E-state index contributed by atoms with van der Waals surface area (Å²) in [7, 11) is 0. The average Bonchev–Trinajstić information content (AvgIpc) is 3.05. The summed E-state index contributed by atoms with van der Waals surface area (Å²) in [6.07, 6.45) is -3.47. The highest BCUT2D eigenvalue weighted by atomic mass is 35.5. The van der Waals surface area contributed by atoms with Crippen LogP contribution in [0.1, 0.15) is 5.69 Å². The summed E-state index contributed by atoms with van der Waals surface area (Å²) in [5, 5.41) is 7.18. The summed E-state index contributed by atoms with van der Waals surface area (Å²) >= 11 is 6.77. The van der Waals surface area contributed by atoms with E-state index in [1.807, 2.05) is 5.10 Å². The van der Waals surface area contributed by atoms with Crippen molar-refractivity contribution in [1.82, 2.24) is 20.2 Å². The van der Waals surface area contributed by atoms with Gasteiger partial charge >= 0.3 is 6.18 Å². The van der Waals surface area contributed by atoms with Crippen LogP contribution in [0.15, 0.2) is 29.8 Å². The lowest BCUT2D eigenvalue weighted by Crippen LogP contribution is -2.07. The molecule has 0 amide bonds. The molecule has 3 heterocycles. The molecular weight excluding hydrogens is 341 g/mol. The third-order valence-corrected chi connectivity index (χ3v) is 3.49. The fourth-order valence-corrected chi connectivity index (χ4v) is 2.49. The number of H-pyrrole nitrogens is 1. The molecule has 0 aromatic carbocycles. The summed E-state index contributed by atoms with van der Waals surface area (Å²) in [6.45, 7) is 0. The van der Waals surface area contributed by atoms with Crippen LogP contribution in [0.4, 0.5) is 13.2 Å². The lowest BCUT2D eigenvalue weighted by molar-refractivity contribution is -0.140. The zero-order valence-electron chi connectivity index (χ0n) is 10.6. The normalized spacial score (nSPS) is 11.6. The van der Waals surface area contributed by atoms with Crippen LogP contribution < -0.4 is 4.74 Å². The van der Waals surface area contributed by atoms with Gasteiger partial charge < -0.3 is 4.74 Å². The number of rotatable bonds is 3. The number of pyridine rings is 1. The van der Waals surface area contributed by atoms with Gasteiger partial charge in [0.15, 0.2) is 0 Å². The highest BCUT2D eigenvalue weighted by Crippen LogP contribution is 2.37. The maximum Gasteiger partial charge on any atom is 0.433 e. The van der Waals surface area contributed by atoms with Crippen LogP contribution in [0.2, 0.25) is 5.15 Å². The van der Waals surface area contributed by atoms with Crippen molar-refractivity contribution in [1.29, 1.82) is 0 Å². The van der Waals surface area contributed by atoms with Gasteiger partial charge in [0.2, 0.25) is 5.88 Å². The molecule has 0 aliphatic carbocycles. The maximum atomic E-state index is 12.8. The predicted molar refractivity (Wildman–Crippen MR) is 74.0 cm³/mol. The van der Waals surface area contributed by atoms with Crippen LogP contribution >= 0.6 is 22.9 Å². The van der Waals surface area contributed by atoms with E-state index in [4.69, 9.17) is 16.3 Å². The molecule has 0 unspecified atom stereocenters. The first-order chi connectivity index (χ1) is 10.4. The van der Waals surface area contributed by atoms with Crippen LogP contribution in [0, 0.1) is 0 Å². The van der Waals surface area contributed by atoms with Crippen LogP contribution in [0.25, 0.3) is 11.3 Å². The van der Waals surface area contributed by atoms with Crippen molar-refractivity contribution >= 4 is 22.9 Å². The minimum atomic E-state index is -4.54. The first-order valence-corrected chi connectivity index (χ1v) is 7.06. The van der Waals surface area contributed by atoms with Crippen molar-refractivity contribution < 1.29 is 17.9 Å². The predicted octanol–water partition coefficient (Wildman–Crippen LogP) is 4.39. The number of nitrogens with zero attached hydrogens (tertiary/aromatic N) is 3. The largest absolute Gasteiger partial charge is 0.433 e. The second kappa shape index (κ2) is 5.58. The highest BCUT2D eigenvalue weighted by molar-refractivity contribution is 7.11. The fraction of sp³-hybridized carbons (Fsp3) is 0.0833. The molecule has 0 bridgehead atoms. The molecule has 0 radical (unpaired) electrons. The zero-order chi connectivity index (χ0) is 15.7. The van der Waals surface area contributed by atoms with E-state index < -0.39 is 11.9 Å². The van der Waals surface area contributed by atoms with E-state index in [1.54, 1.807) is 18.2 Å². The lowest BCUT2D eigenvalue weighted by Gasteiger charge is -2.04. The van der Waals surface area contributed by atoms with E-state index in [0.29, 0.717) is 0 Å². The number of aromatic nitrogens is 4. The Morgan fingerprint density at radius 2 is 2.05 bits per heavy atom. The Balaban J connectivity index is 1.87. The molecule has 3 rings (SSSR count). The lowest BCUT2D eigenvalue weighted by atomic mass is 10.2. The molecule has 10 heteroatoms. The summed E-state index contributed by atoms with van der Waals surface area (Å²) in [4.78, 5) is 7.91.